The Hall–Kier alpha value is -1.85. The van der Waals surface area contributed by atoms with E-state index in [-0.39, 0.29) is 17.9 Å². The normalized spacial score (nSPS) is 11.3. The maximum atomic E-state index is 11.7. The summed E-state index contributed by atoms with van der Waals surface area (Å²) in [6.45, 7) is 6.34. The van der Waals surface area contributed by atoms with Crippen molar-refractivity contribution in [2.75, 3.05) is 6.54 Å². The Labute approximate surface area is 106 Å². The highest BCUT2D eigenvalue weighted by Crippen LogP contribution is 2.12. The summed E-state index contributed by atoms with van der Waals surface area (Å²) < 4.78 is 1.72. The second-order valence-corrected chi connectivity index (χ2v) is 5.10. The van der Waals surface area contributed by atoms with Gasteiger partial charge in [0.05, 0.1) is 17.3 Å². The van der Waals surface area contributed by atoms with E-state index in [0.717, 1.165) is 0 Å². The van der Waals surface area contributed by atoms with Crippen LogP contribution in [-0.2, 0) is 10.3 Å². The van der Waals surface area contributed by atoms with Crippen molar-refractivity contribution >= 4 is 11.9 Å². The summed E-state index contributed by atoms with van der Waals surface area (Å²) in [4.78, 5) is 22.0. The fourth-order valence-electron chi connectivity index (χ4n) is 1.35. The largest absolute Gasteiger partial charge is 0.481 e. The number of aromatic nitrogens is 2. The van der Waals surface area contributed by atoms with Gasteiger partial charge in [0.2, 0.25) is 0 Å². The van der Waals surface area contributed by atoms with Crippen LogP contribution in [0.5, 0.6) is 0 Å². The topological polar surface area (TPSA) is 84.2 Å². The molecule has 1 rings (SSSR count). The first kappa shape index (κ1) is 14.2. The Balaban J connectivity index is 2.47. The second kappa shape index (κ2) is 5.66. The van der Waals surface area contributed by atoms with E-state index >= 15 is 0 Å². The number of carbonyl (C=O) groups excluding carboxylic acids is 1. The highest BCUT2D eigenvalue weighted by molar-refractivity contribution is 5.93. The number of nitrogens with one attached hydrogen (secondary N) is 1. The van der Waals surface area contributed by atoms with E-state index < -0.39 is 5.97 Å². The Kier molecular flexibility index (Phi) is 4.47. The van der Waals surface area contributed by atoms with Gasteiger partial charge in [-0.15, -0.1) is 0 Å². The van der Waals surface area contributed by atoms with Crippen LogP contribution in [0.4, 0.5) is 0 Å². The van der Waals surface area contributed by atoms with Crippen molar-refractivity contribution in [2.24, 2.45) is 0 Å². The van der Waals surface area contributed by atoms with Crippen LogP contribution in [0.15, 0.2) is 12.4 Å². The molecule has 0 bridgehead atoms. The molecule has 0 radical (unpaired) electrons. The van der Waals surface area contributed by atoms with Gasteiger partial charge in [0.15, 0.2) is 0 Å². The lowest BCUT2D eigenvalue weighted by molar-refractivity contribution is -0.137. The van der Waals surface area contributed by atoms with Gasteiger partial charge in [-0.3, -0.25) is 14.3 Å². The molecule has 0 saturated heterocycles. The number of hydrogen-bond donors (Lipinski definition) is 2. The van der Waals surface area contributed by atoms with Gasteiger partial charge in [-0.1, -0.05) is 0 Å². The highest BCUT2D eigenvalue weighted by Gasteiger charge is 2.16. The van der Waals surface area contributed by atoms with Crippen LogP contribution in [0.25, 0.3) is 0 Å². The van der Waals surface area contributed by atoms with E-state index in [4.69, 9.17) is 5.11 Å². The van der Waals surface area contributed by atoms with E-state index in [1.165, 1.54) is 6.20 Å². The molecule has 1 heterocycles. The van der Waals surface area contributed by atoms with E-state index in [9.17, 15) is 9.59 Å². The first-order valence-corrected chi connectivity index (χ1v) is 5.86. The lowest BCUT2D eigenvalue weighted by atomic mass is 10.1. The summed E-state index contributed by atoms with van der Waals surface area (Å²) in [5.41, 5.74) is 0.321. The molecule has 100 valence electrons. The molecule has 0 aromatic carbocycles. The number of rotatable bonds is 5. The van der Waals surface area contributed by atoms with Gasteiger partial charge in [0.25, 0.3) is 5.91 Å². The van der Waals surface area contributed by atoms with Crippen molar-refractivity contribution in [3.8, 4) is 0 Å². The van der Waals surface area contributed by atoms with E-state index in [0.29, 0.717) is 18.5 Å². The summed E-state index contributed by atoms with van der Waals surface area (Å²) in [6.07, 6.45) is 3.68. The summed E-state index contributed by atoms with van der Waals surface area (Å²) >= 11 is 0. The maximum absolute atomic E-state index is 11.7. The molecule has 0 aliphatic carbocycles. The monoisotopic (exact) mass is 253 g/mol. The summed E-state index contributed by atoms with van der Waals surface area (Å²) in [5.74, 6) is -1.08. The summed E-state index contributed by atoms with van der Waals surface area (Å²) in [7, 11) is 0. The lowest BCUT2D eigenvalue weighted by Crippen LogP contribution is -2.25. The van der Waals surface area contributed by atoms with Crippen LogP contribution in [0.3, 0.4) is 0 Å². The zero-order valence-corrected chi connectivity index (χ0v) is 10.9. The minimum Gasteiger partial charge on any atom is -0.481 e. The smallest absolute Gasteiger partial charge is 0.303 e. The van der Waals surface area contributed by atoms with Crippen LogP contribution >= 0.6 is 0 Å². The van der Waals surface area contributed by atoms with E-state index in [1.807, 2.05) is 20.8 Å². The predicted molar refractivity (Wildman–Crippen MR) is 66.4 cm³/mol. The zero-order chi connectivity index (χ0) is 13.8. The number of amides is 1. The van der Waals surface area contributed by atoms with Gasteiger partial charge in [-0.2, -0.15) is 5.10 Å². The van der Waals surface area contributed by atoms with Crippen molar-refractivity contribution in [3.63, 3.8) is 0 Å². The molecule has 6 nitrogen and oxygen atoms in total. The van der Waals surface area contributed by atoms with Crippen LogP contribution in [0.2, 0.25) is 0 Å². The molecular weight excluding hydrogens is 234 g/mol. The van der Waals surface area contributed by atoms with Gasteiger partial charge in [-0.25, -0.2) is 0 Å². The third-order valence-corrected chi connectivity index (χ3v) is 2.39. The fourth-order valence-corrected chi connectivity index (χ4v) is 1.35. The first-order chi connectivity index (χ1) is 8.30. The van der Waals surface area contributed by atoms with Gasteiger partial charge in [0, 0.05) is 19.2 Å². The number of aliphatic carboxylic acids is 1. The van der Waals surface area contributed by atoms with Crippen LogP contribution in [0, 0.1) is 0 Å². The SMILES string of the molecule is CC(C)(C)n1cc(C(=O)NCCCC(=O)O)cn1. The Morgan fingerprint density at radius 1 is 1.44 bits per heavy atom. The number of nitrogens with zero attached hydrogens (tertiary/aromatic N) is 2. The average molecular weight is 253 g/mol. The minimum absolute atomic E-state index is 0.0571. The zero-order valence-electron chi connectivity index (χ0n) is 10.9. The Bertz CT molecular complexity index is 432. The number of carboxylic acid groups (broad SMARTS) is 1. The summed E-state index contributed by atoms with van der Waals surface area (Å²) in [5, 5.41) is 15.3. The number of hydrogen-bond acceptors (Lipinski definition) is 3. The molecule has 0 fully saturated rings. The second-order valence-electron chi connectivity index (χ2n) is 5.10. The minimum atomic E-state index is -0.857. The molecule has 0 aliphatic heterocycles. The molecule has 6 heteroatoms. The Morgan fingerprint density at radius 2 is 2.11 bits per heavy atom. The van der Waals surface area contributed by atoms with Crippen molar-refractivity contribution in [1.29, 1.82) is 0 Å². The van der Waals surface area contributed by atoms with E-state index in [2.05, 4.69) is 10.4 Å². The number of carboxylic acids is 1. The van der Waals surface area contributed by atoms with Crippen LogP contribution in [0.1, 0.15) is 44.0 Å². The molecule has 0 atom stereocenters. The predicted octanol–water partition coefficient (Wildman–Crippen LogP) is 1.23. The Morgan fingerprint density at radius 3 is 2.61 bits per heavy atom. The standard InChI is InChI=1S/C12H19N3O3/c1-12(2,3)15-8-9(7-14-15)11(18)13-6-4-5-10(16)17/h7-8H,4-6H2,1-3H3,(H,13,18)(H,16,17). The van der Waals surface area contributed by atoms with Gasteiger partial charge >= 0.3 is 5.97 Å². The van der Waals surface area contributed by atoms with Crippen molar-refractivity contribution in [3.05, 3.63) is 18.0 Å². The van der Waals surface area contributed by atoms with Crippen molar-refractivity contribution in [1.82, 2.24) is 15.1 Å². The molecule has 1 amide bonds. The molecule has 1 aromatic heterocycles. The fraction of sp³-hybridized carbons (Fsp3) is 0.583. The molecule has 0 spiro atoms. The molecule has 18 heavy (non-hydrogen) atoms. The first-order valence-electron chi connectivity index (χ1n) is 5.86. The quantitative estimate of drug-likeness (QED) is 0.773. The third-order valence-electron chi connectivity index (χ3n) is 2.39. The molecular formula is C12H19N3O3. The van der Waals surface area contributed by atoms with Gasteiger partial charge < -0.3 is 10.4 Å². The van der Waals surface area contributed by atoms with Crippen LogP contribution in [-0.4, -0.2) is 33.3 Å². The van der Waals surface area contributed by atoms with Crippen molar-refractivity contribution < 1.29 is 14.7 Å². The molecule has 1 aromatic rings. The van der Waals surface area contributed by atoms with Gasteiger partial charge in [-0.05, 0) is 27.2 Å². The number of carbonyl (C=O) groups is 2. The molecule has 0 aliphatic rings. The highest BCUT2D eigenvalue weighted by atomic mass is 16.4. The van der Waals surface area contributed by atoms with Gasteiger partial charge in [0.1, 0.15) is 0 Å². The maximum Gasteiger partial charge on any atom is 0.303 e. The van der Waals surface area contributed by atoms with Crippen LogP contribution < -0.4 is 5.32 Å². The van der Waals surface area contributed by atoms with E-state index in [1.54, 1.807) is 10.9 Å². The summed E-state index contributed by atoms with van der Waals surface area (Å²) in [6, 6.07) is 0. The third kappa shape index (κ3) is 4.20. The molecule has 0 unspecified atom stereocenters. The lowest BCUT2D eigenvalue weighted by Gasteiger charge is -2.18. The molecule has 2 N–H and O–H groups in total. The molecule has 0 saturated carbocycles. The average Bonchev–Trinajstić information content (AvgIpc) is 2.72. The van der Waals surface area contributed by atoms with Crippen molar-refractivity contribution in [2.45, 2.75) is 39.2 Å².